The van der Waals surface area contributed by atoms with E-state index < -0.39 is 0 Å². The minimum atomic E-state index is 0.135. The average Bonchev–Trinajstić information content (AvgIpc) is 2.64. The van der Waals surface area contributed by atoms with Crippen LogP contribution in [-0.2, 0) is 0 Å². The highest BCUT2D eigenvalue weighted by atomic mass is 16.5. The molecule has 130 valence electrons. The molecule has 0 spiro atoms. The van der Waals surface area contributed by atoms with Gasteiger partial charge in [-0.25, -0.2) is 4.98 Å². The Morgan fingerprint density at radius 2 is 1.77 bits per heavy atom. The maximum atomic E-state index is 9.18. The van der Waals surface area contributed by atoms with Crippen molar-refractivity contribution in [2.75, 3.05) is 10.6 Å². The average molecular weight is 345 g/mol. The molecule has 2 N–H and O–H groups in total. The van der Waals surface area contributed by atoms with Gasteiger partial charge in [0.2, 0.25) is 5.95 Å². The van der Waals surface area contributed by atoms with Gasteiger partial charge in [-0.3, -0.25) is 0 Å². The van der Waals surface area contributed by atoms with Crippen molar-refractivity contribution >= 4 is 23.1 Å². The number of rotatable bonds is 6. The quantitative estimate of drug-likeness (QED) is 0.678. The zero-order valence-electron chi connectivity index (χ0n) is 14.6. The second-order valence-electron chi connectivity index (χ2n) is 5.86. The van der Waals surface area contributed by atoms with Crippen LogP contribution in [0.1, 0.15) is 19.4 Å². The Morgan fingerprint density at radius 3 is 2.50 bits per heavy atom. The lowest BCUT2D eigenvalue weighted by molar-refractivity contribution is 0.242. The molecule has 0 aliphatic rings. The standard InChI is InChI=1S/C20H19N5O/c1-14(2)26-17-9-7-16(8-10-17)23-20-22-12-11-19(25-20)24-18-6-4-3-5-15(18)13-21/h3-12,14H,1-2H3,(H2,22,23,24,25). The fraction of sp³-hybridized carbons (Fsp3) is 0.150. The normalized spacial score (nSPS) is 10.2. The van der Waals surface area contributed by atoms with Gasteiger partial charge in [0.25, 0.3) is 0 Å². The molecule has 6 heteroatoms. The molecule has 3 aromatic rings. The minimum absolute atomic E-state index is 0.135. The number of anilines is 4. The van der Waals surface area contributed by atoms with E-state index in [1.807, 2.05) is 56.3 Å². The highest BCUT2D eigenvalue weighted by Crippen LogP contribution is 2.22. The number of ether oxygens (including phenoxy) is 1. The molecule has 0 saturated heterocycles. The molecular formula is C20H19N5O. The Kier molecular flexibility index (Phi) is 5.30. The second kappa shape index (κ2) is 7.99. The van der Waals surface area contributed by atoms with Gasteiger partial charge in [0.05, 0.1) is 17.4 Å². The van der Waals surface area contributed by atoms with Gasteiger partial charge in [0.1, 0.15) is 17.6 Å². The Balaban J connectivity index is 1.72. The summed E-state index contributed by atoms with van der Waals surface area (Å²) in [6, 6.07) is 18.8. The van der Waals surface area contributed by atoms with Crippen molar-refractivity contribution in [1.82, 2.24) is 9.97 Å². The molecule has 3 rings (SSSR count). The lowest BCUT2D eigenvalue weighted by atomic mass is 10.2. The van der Waals surface area contributed by atoms with Crippen LogP contribution >= 0.6 is 0 Å². The van der Waals surface area contributed by atoms with E-state index in [4.69, 9.17) is 4.74 Å². The first-order chi connectivity index (χ1) is 12.6. The topological polar surface area (TPSA) is 82.9 Å². The maximum absolute atomic E-state index is 9.18. The Hall–Kier alpha value is -3.59. The van der Waals surface area contributed by atoms with Crippen LogP contribution < -0.4 is 15.4 Å². The molecule has 0 bridgehead atoms. The molecule has 0 aliphatic heterocycles. The number of para-hydroxylation sites is 1. The molecule has 0 unspecified atom stereocenters. The van der Waals surface area contributed by atoms with E-state index in [-0.39, 0.29) is 6.10 Å². The van der Waals surface area contributed by atoms with Crippen molar-refractivity contribution in [2.24, 2.45) is 0 Å². The van der Waals surface area contributed by atoms with E-state index in [1.165, 1.54) is 0 Å². The number of nitrogens with one attached hydrogen (secondary N) is 2. The first-order valence-electron chi connectivity index (χ1n) is 8.27. The van der Waals surface area contributed by atoms with E-state index in [9.17, 15) is 5.26 Å². The Morgan fingerprint density at radius 1 is 1.00 bits per heavy atom. The van der Waals surface area contributed by atoms with Gasteiger partial charge in [-0.1, -0.05) is 12.1 Å². The van der Waals surface area contributed by atoms with E-state index in [0.717, 1.165) is 11.4 Å². The largest absolute Gasteiger partial charge is 0.491 e. The second-order valence-corrected chi connectivity index (χ2v) is 5.86. The zero-order chi connectivity index (χ0) is 18.4. The van der Waals surface area contributed by atoms with Crippen LogP contribution in [0.25, 0.3) is 0 Å². The van der Waals surface area contributed by atoms with Gasteiger partial charge in [0.15, 0.2) is 0 Å². The van der Waals surface area contributed by atoms with Gasteiger partial charge in [-0.15, -0.1) is 0 Å². The van der Waals surface area contributed by atoms with Crippen LogP contribution in [-0.4, -0.2) is 16.1 Å². The highest BCUT2D eigenvalue weighted by molar-refractivity contribution is 5.65. The summed E-state index contributed by atoms with van der Waals surface area (Å²) in [6.07, 6.45) is 1.79. The van der Waals surface area contributed by atoms with Gasteiger partial charge in [0, 0.05) is 11.9 Å². The van der Waals surface area contributed by atoms with Crippen molar-refractivity contribution < 1.29 is 4.74 Å². The third-order valence-corrected chi connectivity index (χ3v) is 3.45. The Labute approximate surface area is 152 Å². The van der Waals surface area contributed by atoms with Gasteiger partial charge >= 0.3 is 0 Å². The van der Waals surface area contributed by atoms with Crippen molar-refractivity contribution in [1.29, 1.82) is 5.26 Å². The molecule has 0 fully saturated rings. The van der Waals surface area contributed by atoms with Crippen molar-refractivity contribution in [3.05, 3.63) is 66.4 Å². The lowest BCUT2D eigenvalue weighted by Gasteiger charge is -2.11. The van der Waals surface area contributed by atoms with E-state index in [2.05, 4.69) is 26.7 Å². The molecule has 1 heterocycles. The summed E-state index contributed by atoms with van der Waals surface area (Å²) >= 11 is 0. The number of hydrogen-bond acceptors (Lipinski definition) is 6. The fourth-order valence-electron chi connectivity index (χ4n) is 2.33. The molecule has 0 saturated carbocycles. The summed E-state index contributed by atoms with van der Waals surface area (Å²) in [5, 5.41) is 15.5. The molecule has 0 aliphatic carbocycles. The Bertz CT molecular complexity index is 916. The van der Waals surface area contributed by atoms with Gasteiger partial charge in [-0.2, -0.15) is 10.2 Å². The summed E-state index contributed by atoms with van der Waals surface area (Å²) in [4.78, 5) is 8.67. The summed E-state index contributed by atoms with van der Waals surface area (Å²) in [7, 11) is 0. The minimum Gasteiger partial charge on any atom is -0.491 e. The first-order valence-corrected chi connectivity index (χ1v) is 8.27. The summed E-state index contributed by atoms with van der Waals surface area (Å²) in [5.74, 6) is 1.88. The number of nitriles is 1. The SMILES string of the molecule is CC(C)Oc1ccc(Nc2nccc(Nc3ccccc3C#N)n2)cc1. The van der Waals surface area contributed by atoms with Crippen molar-refractivity contribution in [3.8, 4) is 11.8 Å². The zero-order valence-corrected chi connectivity index (χ0v) is 14.6. The van der Waals surface area contributed by atoms with Crippen LogP contribution in [0.5, 0.6) is 5.75 Å². The van der Waals surface area contributed by atoms with Gasteiger partial charge < -0.3 is 15.4 Å². The monoisotopic (exact) mass is 345 g/mol. The van der Waals surface area contributed by atoms with Crippen molar-refractivity contribution in [3.63, 3.8) is 0 Å². The van der Waals surface area contributed by atoms with Crippen LogP contribution in [0, 0.1) is 11.3 Å². The maximum Gasteiger partial charge on any atom is 0.229 e. The third-order valence-electron chi connectivity index (χ3n) is 3.45. The summed E-state index contributed by atoms with van der Waals surface area (Å²) < 4.78 is 5.63. The molecule has 6 nitrogen and oxygen atoms in total. The van der Waals surface area contributed by atoms with Gasteiger partial charge in [-0.05, 0) is 56.3 Å². The highest BCUT2D eigenvalue weighted by Gasteiger charge is 2.05. The predicted octanol–water partition coefficient (Wildman–Crippen LogP) is 4.62. The van der Waals surface area contributed by atoms with Crippen LogP contribution in [0.2, 0.25) is 0 Å². The first kappa shape index (κ1) is 17.2. The molecule has 0 atom stereocenters. The van der Waals surface area contributed by atoms with E-state index in [0.29, 0.717) is 23.0 Å². The van der Waals surface area contributed by atoms with Crippen molar-refractivity contribution in [2.45, 2.75) is 20.0 Å². The van der Waals surface area contributed by atoms with E-state index >= 15 is 0 Å². The van der Waals surface area contributed by atoms with Crippen LogP contribution in [0.15, 0.2) is 60.8 Å². The smallest absolute Gasteiger partial charge is 0.229 e. The van der Waals surface area contributed by atoms with Crippen LogP contribution in [0.3, 0.4) is 0 Å². The molecule has 0 radical (unpaired) electrons. The lowest BCUT2D eigenvalue weighted by Crippen LogP contribution is -2.05. The number of benzene rings is 2. The molecule has 2 aromatic carbocycles. The van der Waals surface area contributed by atoms with E-state index in [1.54, 1.807) is 18.3 Å². The fourth-order valence-corrected chi connectivity index (χ4v) is 2.33. The number of aromatic nitrogens is 2. The molecular weight excluding hydrogens is 326 g/mol. The summed E-state index contributed by atoms with van der Waals surface area (Å²) in [5.41, 5.74) is 2.12. The predicted molar refractivity (Wildman–Crippen MR) is 102 cm³/mol. The number of nitrogens with zero attached hydrogens (tertiary/aromatic N) is 3. The number of hydrogen-bond donors (Lipinski definition) is 2. The molecule has 26 heavy (non-hydrogen) atoms. The third kappa shape index (κ3) is 4.48. The molecule has 1 aromatic heterocycles. The van der Waals surface area contributed by atoms with Crippen LogP contribution in [0.4, 0.5) is 23.1 Å². The summed E-state index contributed by atoms with van der Waals surface area (Å²) in [6.45, 7) is 3.98. The molecule has 0 amide bonds.